The summed E-state index contributed by atoms with van der Waals surface area (Å²) in [6.07, 6.45) is 4.10. The van der Waals surface area contributed by atoms with Crippen molar-refractivity contribution in [2.24, 2.45) is 0 Å². The molecule has 2 aromatic rings. The minimum atomic E-state index is -3.80. The van der Waals surface area contributed by atoms with E-state index in [1.54, 1.807) is 18.0 Å². The van der Waals surface area contributed by atoms with Gasteiger partial charge in [0, 0.05) is 19.5 Å². The van der Waals surface area contributed by atoms with Crippen LogP contribution in [-0.2, 0) is 21.3 Å². The van der Waals surface area contributed by atoms with Gasteiger partial charge in [0.15, 0.2) is 0 Å². The molecule has 0 spiro atoms. The summed E-state index contributed by atoms with van der Waals surface area (Å²) in [6, 6.07) is 1.24. The van der Waals surface area contributed by atoms with E-state index < -0.39 is 10.0 Å². The second-order valence-corrected chi connectivity index (χ2v) is 6.22. The first kappa shape index (κ1) is 15.5. The van der Waals surface area contributed by atoms with Crippen molar-refractivity contribution >= 4 is 33.1 Å². The highest BCUT2D eigenvalue weighted by molar-refractivity contribution is 7.92. The maximum Gasteiger partial charge on any atom is 0.263 e. The number of anilines is 2. The standard InChI is InChI=1S/C11H14ClN5O3S/c1-20-3-2-17-7-8(5-15-17)16-21(18,19)9-4-10(12)11(13)14-6-9/h4-7,16H,2-3H2,1H3,(H2,13,14). The molecule has 0 bridgehead atoms. The van der Waals surface area contributed by atoms with E-state index in [2.05, 4.69) is 14.8 Å². The minimum Gasteiger partial charge on any atom is -0.383 e. The molecule has 8 nitrogen and oxygen atoms in total. The molecule has 114 valence electrons. The van der Waals surface area contributed by atoms with Gasteiger partial charge in [-0.2, -0.15) is 5.10 Å². The number of nitrogens with two attached hydrogens (primary N) is 1. The normalized spacial score (nSPS) is 11.5. The summed E-state index contributed by atoms with van der Waals surface area (Å²) >= 11 is 5.77. The van der Waals surface area contributed by atoms with Crippen LogP contribution < -0.4 is 10.5 Å². The van der Waals surface area contributed by atoms with Gasteiger partial charge in [-0.3, -0.25) is 9.40 Å². The van der Waals surface area contributed by atoms with Gasteiger partial charge in [-0.25, -0.2) is 13.4 Å². The summed E-state index contributed by atoms with van der Waals surface area (Å²) in [7, 11) is -2.22. The van der Waals surface area contributed by atoms with Gasteiger partial charge in [-0.15, -0.1) is 0 Å². The lowest BCUT2D eigenvalue weighted by Crippen LogP contribution is -2.13. The molecule has 2 rings (SSSR count). The zero-order valence-corrected chi connectivity index (χ0v) is 12.7. The van der Waals surface area contributed by atoms with Crippen LogP contribution in [0.5, 0.6) is 0 Å². The number of nitrogens with one attached hydrogen (secondary N) is 1. The Morgan fingerprint density at radius 3 is 2.90 bits per heavy atom. The molecule has 0 unspecified atom stereocenters. The van der Waals surface area contributed by atoms with Crippen LogP contribution in [0.1, 0.15) is 0 Å². The van der Waals surface area contributed by atoms with E-state index in [1.807, 2.05) is 0 Å². The topological polar surface area (TPSA) is 112 Å². The molecule has 21 heavy (non-hydrogen) atoms. The molecule has 3 N–H and O–H groups in total. The molecular weight excluding hydrogens is 318 g/mol. The minimum absolute atomic E-state index is 0.0722. The van der Waals surface area contributed by atoms with Crippen LogP contribution in [0.4, 0.5) is 11.5 Å². The Balaban J connectivity index is 2.16. The van der Waals surface area contributed by atoms with Crippen LogP contribution in [0.15, 0.2) is 29.6 Å². The van der Waals surface area contributed by atoms with Crippen molar-refractivity contribution in [3.8, 4) is 0 Å². The number of aromatic nitrogens is 3. The number of nitrogens with zero attached hydrogens (tertiary/aromatic N) is 3. The predicted octanol–water partition coefficient (Wildman–Crippen LogP) is 0.961. The van der Waals surface area contributed by atoms with E-state index in [4.69, 9.17) is 22.1 Å². The molecule has 0 atom stereocenters. The fourth-order valence-corrected chi connectivity index (χ4v) is 2.74. The fraction of sp³-hybridized carbons (Fsp3) is 0.273. The molecule has 0 saturated heterocycles. The number of sulfonamides is 1. The van der Waals surface area contributed by atoms with Crippen LogP contribution in [-0.4, -0.2) is 36.9 Å². The number of hydrogen-bond donors (Lipinski definition) is 2. The average molecular weight is 332 g/mol. The van der Waals surface area contributed by atoms with E-state index in [-0.39, 0.29) is 15.7 Å². The lowest BCUT2D eigenvalue weighted by atomic mass is 10.5. The number of ether oxygens (including phenoxy) is 1. The van der Waals surface area contributed by atoms with Crippen LogP contribution in [0.25, 0.3) is 0 Å². The third kappa shape index (κ3) is 3.84. The third-order valence-corrected chi connectivity index (χ3v) is 4.22. The first-order valence-electron chi connectivity index (χ1n) is 5.87. The zero-order chi connectivity index (χ0) is 15.5. The highest BCUT2D eigenvalue weighted by Crippen LogP contribution is 2.21. The Morgan fingerprint density at radius 2 is 2.24 bits per heavy atom. The van der Waals surface area contributed by atoms with Gasteiger partial charge in [-0.05, 0) is 6.07 Å². The number of methoxy groups -OCH3 is 1. The molecule has 0 radical (unpaired) electrons. The molecule has 0 aliphatic rings. The third-order valence-electron chi connectivity index (χ3n) is 2.56. The van der Waals surface area contributed by atoms with E-state index >= 15 is 0 Å². The van der Waals surface area contributed by atoms with Crippen LogP contribution in [0.3, 0.4) is 0 Å². The van der Waals surface area contributed by atoms with E-state index in [0.29, 0.717) is 18.8 Å². The Hall–Kier alpha value is -1.84. The first-order valence-corrected chi connectivity index (χ1v) is 7.74. The smallest absolute Gasteiger partial charge is 0.263 e. The van der Waals surface area contributed by atoms with Crippen molar-refractivity contribution in [2.75, 3.05) is 24.2 Å². The molecule has 0 aliphatic heterocycles. The molecular formula is C11H14ClN5O3S. The first-order chi connectivity index (χ1) is 9.92. The summed E-state index contributed by atoms with van der Waals surface area (Å²) in [5, 5.41) is 4.09. The largest absolute Gasteiger partial charge is 0.383 e. The van der Waals surface area contributed by atoms with Gasteiger partial charge in [0.25, 0.3) is 10.0 Å². The second-order valence-electron chi connectivity index (χ2n) is 4.13. The number of rotatable bonds is 6. The van der Waals surface area contributed by atoms with Gasteiger partial charge in [0.05, 0.1) is 30.1 Å². The molecule has 0 aromatic carbocycles. The summed E-state index contributed by atoms with van der Waals surface area (Å²) in [6.45, 7) is 0.999. The summed E-state index contributed by atoms with van der Waals surface area (Å²) in [5.74, 6) is 0.0722. The number of nitrogen functional groups attached to an aromatic ring is 1. The lowest BCUT2D eigenvalue weighted by Gasteiger charge is -2.06. The zero-order valence-electron chi connectivity index (χ0n) is 11.2. The summed E-state index contributed by atoms with van der Waals surface area (Å²) in [5.41, 5.74) is 5.78. The highest BCUT2D eigenvalue weighted by Gasteiger charge is 2.17. The number of hydrogen-bond acceptors (Lipinski definition) is 6. The van der Waals surface area contributed by atoms with E-state index in [1.165, 1.54) is 12.3 Å². The molecule has 0 saturated carbocycles. The number of pyridine rings is 1. The SMILES string of the molecule is COCCn1cc(NS(=O)(=O)c2cnc(N)c(Cl)c2)cn1. The predicted molar refractivity (Wildman–Crippen MR) is 78.6 cm³/mol. The second kappa shape index (κ2) is 6.29. The van der Waals surface area contributed by atoms with E-state index in [9.17, 15) is 8.42 Å². The van der Waals surface area contributed by atoms with Crippen molar-refractivity contribution in [1.82, 2.24) is 14.8 Å². The van der Waals surface area contributed by atoms with Crippen molar-refractivity contribution in [1.29, 1.82) is 0 Å². The van der Waals surface area contributed by atoms with Gasteiger partial charge in [0.2, 0.25) is 0 Å². The molecule has 0 amide bonds. The van der Waals surface area contributed by atoms with Gasteiger partial charge < -0.3 is 10.5 Å². The van der Waals surface area contributed by atoms with Crippen LogP contribution in [0.2, 0.25) is 5.02 Å². The molecule has 2 aromatic heterocycles. The fourth-order valence-electron chi connectivity index (χ4n) is 1.52. The summed E-state index contributed by atoms with van der Waals surface area (Å²) in [4.78, 5) is 3.64. The average Bonchev–Trinajstić information content (AvgIpc) is 2.86. The van der Waals surface area contributed by atoms with Crippen molar-refractivity contribution in [3.63, 3.8) is 0 Å². The molecule has 2 heterocycles. The van der Waals surface area contributed by atoms with Gasteiger partial charge >= 0.3 is 0 Å². The Bertz CT molecular complexity index is 731. The Labute approximate surface area is 126 Å². The molecule has 10 heteroatoms. The van der Waals surface area contributed by atoms with Gasteiger partial charge in [-0.1, -0.05) is 11.6 Å². The maximum absolute atomic E-state index is 12.2. The van der Waals surface area contributed by atoms with Crippen molar-refractivity contribution < 1.29 is 13.2 Å². The maximum atomic E-state index is 12.2. The van der Waals surface area contributed by atoms with Crippen LogP contribution in [0, 0.1) is 0 Å². The van der Waals surface area contributed by atoms with E-state index in [0.717, 1.165) is 6.20 Å². The summed E-state index contributed by atoms with van der Waals surface area (Å²) < 4.78 is 33.2. The number of halogens is 1. The molecule has 0 fully saturated rings. The highest BCUT2D eigenvalue weighted by atomic mass is 35.5. The molecule has 0 aliphatic carbocycles. The van der Waals surface area contributed by atoms with Crippen molar-refractivity contribution in [3.05, 3.63) is 29.7 Å². The Kier molecular flexibility index (Phi) is 4.66. The quantitative estimate of drug-likeness (QED) is 0.815. The lowest BCUT2D eigenvalue weighted by molar-refractivity contribution is 0.183. The monoisotopic (exact) mass is 331 g/mol. The van der Waals surface area contributed by atoms with Crippen LogP contribution >= 0.6 is 11.6 Å². The van der Waals surface area contributed by atoms with Gasteiger partial charge in [0.1, 0.15) is 10.7 Å². The van der Waals surface area contributed by atoms with Crippen molar-refractivity contribution in [2.45, 2.75) is 11.4 Å². The Morgan fingerprint density at radius 1 is 1.48 bits per heavy atom.